The first-order valence-electron chi connectivity index (χ1n) is 9.13. The van der Waals surface area contributed by atoms with E-state index in [-0.39, 0.29) is 0 Å². The van der Waals surface area contributed by atoms with Gasteiger partial charge in [0.05, 0.1) is 19.0 Å². The Hall–Kier alpha value is -3.61. The number of rotatable bonds is 7. The topological polar surface area (TPSA) is 87.8 Å². The number of anilines is 3. The van der Waals surface area contributed by atoms with Gasteiger partial charge in [-0.1, -0.05) is 24.3 Å². The summed E-state index contributed by atoms with van der Waals surface area (Å²) in [6.45, 7) is 2.74. The molecular formula is C21H22N6O. The van der Waals surface area contributed by atoms with Crippen molar-refractivity contribution < 1.29 is 4.74 Å². The number of nitrogens with one attached hydrogen (secondary N) is 3. The Morgan fingerprint density at radius 2 is 2.04 bits per heavy atom. The number of hydrogen-bond acceptors (Lipinski definition) is 6. The molecule has 28 heavy (non-hydrogen) atoms. The molecule has 0 aliphatic rings. The molecule has 0 saturated carbocycles. The molecule has 0 amide bonds. The summed E-state index contributed by atoms with van der Waals surface area (Å²) in [6.07, 6.45) is 4.50. The smallest absolute Gasteiger partial charge is 0.244 e. The van der Waals surface area contributed by atoms with Crippen LogP contribution in [0.2, 0.25) is 0 Å². The lowest BCUT2D eigenvalue weighted by atomic mass is 10.1. The van der Waals surface area contributed by atoms with Gasteiger partial charge in [0.15, 0.2) is 5.82 Å². The van der Waals surface area contributed by atoms with Crippen molar-refractivity contribution in [1.82, 2.24) is 20.2 Å². The third-order valence-electron chi connectivity index (χ3n) is 4.53. The minimum atomic E-state index is 0.483. The molecule has 4 aromatic rings. The zero-order valence-corrected chi connectivity index (χ0v) is 15.9. The van der Waals surface area contributed by atoms with E-state index in [1.807, 2.05) is 37.4 Å². The quantitative estimate of drug-likeness (QED) is 0.452. The van der Waals surface area contributed by atoms with Gasteiger partial charge in [-0.05, 0) is 42.7 Å². The largest absolute Gasteiger partial charge is 0.495 e. The summed E-state index contributed by atoms with van der Waals surface area (Å²) in [7, 11) is 1.64. The maximum Gasteiger partial charge on any atom is 0.244 e. The number of aromatic amines is 1. The standard InChI is InChI=1S/C21H22N6O/c1-14-7-8-19(28-2)18(11-14)25-20-13-24-27-21(26-20)22-10-9-15-12-23-17-6-4-3-5-16(15)17/h3-8,11-13,23H,9-10H2,1-2H3,(H2,22,25,26,27). The number of aromatic nitrogens is 4. The lowest BCUT2D eigenvalue weighted by Crippen LogP contribution is -2.09. The molecule has 3 N–H and O–H groups in total. The van der Waals surface area contributed by atoms with Crippen LogP contribution < -0.4 is 15.4 Å². The van der Waals surface area contributed by atoms with Crippen LogP contribution in [0.25, 0.3) is 10.9 Å². The van der Waals surface area contributed by atoms with E-state index in [9.17, 15) is 0 Å². The first kappa shape index (κ1) is 17.8. The fourth-order valence-electron chi connectivity index (χ4n) is 3.14. The molecule has 0 aliphatic heterocycles. The first-order valence-corrected chi connectivity index (χ1v) is 9.13. The van der Waals surface area contributed by atoms with Crippen LogP contribution in [0.4, 0.5) is 17.5 Å². The summed E-state index contributed by atoms with van der Waals surface area (Å²) in [5.74, 6) is 1.84. The van der Waals surface area contributed by atoms with Crippen LogP contribution in [0.5, 0.6) is 5.75 Å². The van der Waals surface area contributed by atoms with Gasteiger partial charge in [0.2, 0.25) is 5.95 Å². The summed E-state index contributed by atoms with van der Waals surface area (Å²) < 4.78 is 5.40. The minimum absolute atomic E-state index is 0.483. The van der Waals surface area contributed by atoms with Gasteiger partial charge in [0.25, 0.3) is 0 Å². The number of para-hydroxylation sites is 1. The average Bonchev–Trinajstić information content (AvgIpc) is 3.12. The molecule has 0 saturated heterocycles. The van der Waals surface area contributed by atoms with Gasteiger partial charge in [-0.3, -0.25) is 0 Å². The van der Waals surface area contributed by atoms with E-state index in [0.29, 0.717) is 18.3 Å². The number of methoxy groups -OCH3 is 1. The van der Waals surface area contributed by atoms with E-state index in [1.165, 1.54) is 10.9 Å². The van der Waals surface area contributed by atoms with E-state index < -0.39 is 0 Å². The van der Waals surface area contributed by atoms with Gasteiger partial charge in [-0.2, -0.15) is 10.1 Å². The number of hydrogen-bond donors (Lipinski definition) is 3. The molecule has 4 rings (SSSR count). The third-order valence-corrected chi connectivity index (χ3v) is 4.53. The number of benzene rings is 2. The summed E-state index contributed by atoms with van der Waals surface area (Å²) in [5, 5.41) is 15.8. The van der Waals surface area contributed by atoms with E-state index >= 15 is 0 Å². The van der Waals surface area contributed by atoms with Crippen molar-refractivity contribution in [3.8, 4) is 5.75 Å². The number of fused-ring (bicyclic) bond motifs is 1. The molecule has 0 spiro atoms. The fraction of sp³-hybridized carbons (Fsp3) is 0.190. The van der Waals surface area contributed by atoms with Crippen molar-refractivity contribution in [3.05, 3.63) is 66.0 Å². The zero-order valence-electron chi connectivity index (χ0n) is 15.9. The Kier molecular flexibility index (Phi) is 5.05. The van der Waals surface area contributed by atoms with Gasteiger partial charge < -0.3 is 20.4 Å². The summed E-state index contributed by atoms with van der Waals surface area (Å²) in [4.78, 5) is 7.79. The molecule has 7 heteroatoms. The van der Waals surface area contributed by atoms with E-state index in [2.05, 4.69) is 49.0 Å². The van der Waals surface area contributed by atoms with Gasteiger partial charge in [-0.25, -0.2) is 0 Å². The normalized spacial score (nSPS) is 10.8. The molecule has 0 bridgehead atoms. The molecule has 0 atom stereocenters. The number of H-pyrrole nitrogens is 1. The summed E-state index contributed by atoms with van der Waals surface area (Å²) in [5.41, 5.74) is 4.37. The van der Waals surface area contributed by atoms with E-state index in [0.717, 1.165) is 28.9 Å². The second-order valence-electron chi connectivity index (χ2n) is 6.53. The van der Waals surface area contributed by atoms with E-state index in [1.54, 1.807) is 13.3 Å². The third kappa shape index (κ3) is 3.88. The predicted molar refractivity (Wildman–Crippen MR) is 111 cm³/mol. The van der Waals surface area contributed by atoms with Crippen molar-refractivity contribution in [2.75, 3.05) is 24.3 Å². The van der Waals surface area contributed by atoms with Crippen LogP contribution in [0.3, 0.4) is 0 Å². The van der Waals surface area contributed by atoms with Crippen molar-refractivity contribution in [1.29, 1.82) is 0 Å². The highest BCUT2D eigenvalue weighted by Gasteiger charge is 2.07. The monoisotopic (exact) mass is 374 g/mol. The Morgan fingerprint density at radius 1 is 1.14 bits per heavy atom. The SMILES string of the molecule is COc1ccc(C)cc1Nc1cnnc(NCCc2c[nH]c3ccccc23)n1. The molecular weight excluding hydrogens is 352 g/mol. The van der Waals surface area contributed by atoms with Crippen molar-refractivity contribution in [2.45, 2.75) is 13.3 Å². The number of aryl methyl sites for hydroxylation is 1. The maximum atomic E-state index is 5.40. The van der Waals surface area contributed by atoms with Crippen molar-refractivity contribution in [3.63, 3.8) is 0 Å². The Bertz CT molecular complexity index is 1090. The summed E-state index contributed by atoms with van der Waals surface area (Å²) in [6, 6.07) is 14.2. The molecule has 7 nitrogen and oxygen atoms in total. The van der Waals surface area contributed by atoms with Gasteiger partial charge >= 0.3 is 0 Å². The van der Waals surface area contributed by atoms with Crippen LogP contribution in [0, 0.1) is 6.92 Å². The Labute approximate surface area is 163 Å². The number of ether oxygens (including phenoxy) is 1. The maximum absolute atomic E-state index is 5.40. The second-order valence-corrected chi connectivity index (χ2v) is 6.53. The molecule has 2 aromatic heterocycles. The Balaban J connectivity index is 1.42. The van der Waals surface area contributed by atoms with Crippen LogP contribution in [0.1, 0.15) is 11.1 Å². The fourth-order valence-corrected chi connectivity index (χ4v) is 3.14. The van der Waals surface area contributed by atoms with Gasteiger partial charge in [0, 0.05) is 23.6 Å². The molecule has 0 fully saturated rings. The van der Waals surface area contributed by atoms with Gasteiger partial charge in [-0.15, -0.1) is 5.10 Å². The lowest BCUT2D eigenvalue weighted by Gasteiger charge is -2.11. The molecule has 2 heterocycles. The van der Waals surface area contributed by atoms with Crippen LogP contribution >= 0.6 is 0 Å². The first-order chi connectivity index (χ1) is 13.7. The van der Waals surface area contributed by atoms with Crippen LogP contribution in [0.15, 0.2) is 54.9 Å². The van der Waals surface area contributed by atoms with Gasteiger partial charge in [0.1, 0.15) is 5.75 Å². The summed E-state index contributed by atoms with van der Waals surface area (Å²) >= 11 is 0. The van der Waals surface area contributed by atoms with Crippen molar-refractivity contribution in [2.24, 2.45) is 0 Å². The second kappa shape index (κ2) is 7.96. The predicted octanol–water partition coefficient (Wildman–Crippen LogP) is 4.07. The highest BCUT2D eigenvalue weighted by atomic mass is 16.5. The molecule has 0 radical (unpaired) electrons. The molecule has 0 unspecified atom stereocenters. The van der Waals surface area contributed by atoms with Crippen LogP contribution in [-0.2, 0) is 6.42 Å². The Morgan fingerprint density at radius 3 is 2.93 bits per heavy atom. The molecule has 2 aromatic carbocycles. The van der Waals surface area contributed by atoms with Crippen molar-refractivity contribution >= 4 is 28.4 Å². The lowest BCUT2D eigenvalue weighted by molar-refractivity contribution is 0.416. The average molecular weight is 374 g/mol. The highest BCUT2D eigenvalue weighted by molar-refractivity contribution is 5.83. The van der Waals surface area contributed by atoms with Crippen LogP contribution in [-0.4, -0.2) is 33.8 Å². The minimum Gasteiger partial charge on any atom is -0.495 e. The molecule has 0 aliphatic carbocycles. The number of nitrogens with zero attached hydrogens (tertiary/aromatic N) is 3. The zero-order chi connectivity index (χ0) is 19.3. The highest BCUT2D eigenvalue weighted by Crippen LogP contribution is 2.27. The molecule has 142 valence electrons. The van der Waals surface area contributed by atoms with E-state index in [4.69, 9.17) is 4.74 Å².